The summed E-state index contributed by atoms with van der Waals surface area (Å²) in [6, 6.07) is -1.74. The fourth-order valence-corrected chi connectivity index (χ4v) is 8.58. The number of nitrogens with one attached hydrogen (secondary N) is 3. The minimum absolute atomic E-state index is 0.00341. The van der Waals surface area contributed by atoms with Crippen molar-refractivity contribution < 1.29 is 134 Å². The van der Waals surface area contributed by atoms with Crippen molar-refractivity contribution in [2.75, 3.05) is 46.6 Å². The zero-order chi connectivity index (χ0) is 51.0. The van der Waals surface area contributed by atoms with Crippen molar-refractivity contribution in [1.82, 2.24) is 16.0 Å². The maximum atomic E-state index is 12.5. The van der Waals surface area contributed by atoms with Gasteiger partial charge in [-0.2, -0.15) is 0 Å². The minimum Gasteiger partial charge on any atom is -0.394 e. The molecule has 5 fully saturated rings. The number of hydrogen-bond acceptors (Lipinski definition) is 27. The van der Waals surface area contributed by atoms with Crippen LogP contribution in [0.1, 0.15) is 26.2 Å². The highest BCUT2D eigenvalue weighted by atomic mass is 16.8. The molecule has 0 aromatic heterocycles. The van der Waals surface area contributed by atoms with Crippen LogP contribution < -0.4 is 16.0 Å². The largest absolute Gasteiger partial charge is 0.394 e. The van der Waals surface area contributed by atoms with Crippen LogP contribution in [0.4, 0.5) is 0 Å². The predicted molar refractivity (Wildman–Crippen MR) is 217 cm³/mol. The highest BCUT2D eigenvalue weighted by Crippen LogP contribution is 2.36. The molecular formula is C39H67N3O27. The van der Waals surface area contributed by atoms with Crippen LogP contribution in [0.25, 0.3) is 0 Å². The third kappa shape index (κ3) is 13.4. The number of hydrogen-bond donors (Lipinski definition) is 18. The molecule has 5 aliphatic heterocycles. The van der Waals surface area contributed by atoms with E-state index in [1.54, 1.807) is 0 Å². The van der Waals surface area contributed by atoms with Gasteiger partial charge in [0.2, 0.25) is 17.7 Å². The molecule has 18 N–H and O–H groups in total. The van der Waals surface area contributed by atoms with E-state index in [1.807, 2.05) is 0 Å². The molecule has 0 aromatic carbocycles. The maximum absolute atomic E-state index is 12.5. The Bertz CT molecular complexity index is 1620. The molecule has 5 rings (SSSR count). The van der Waals surface area contributed by atoms with Crippen molar-refractivity contribution in [2.45, 2.75) is 179 Å². The van der Waals surface area contributed by atoms with E-state index in [0.29, 0.717) is 0 Å². The number of amides is 3. The minimum atomic E-state index is -2.11. The molecular weight excluding hydrogens is 942 g/mol. The van der Waals surface area contributed by atoms with Crippen LogP contribution in [-0.2, 0) is 57.0 Å². The summed E-state index contributed by atoms with van der Waals surface area (Å²) in [7, 11) is 1.39. The Balaban J connectivity index is 1.29. The number of carbonyl (C=O) groups excluding carboxylic acids is 3. The van der Waals surface area contributed by atoms with Crippen LogP contribution >= 0.6 is 0 Å². The first-order valence-electron chi connectivity index (χ1n) is 22.2. The number of aliphatic hydroxyl groups excluding tert-OH is 15. The van der Waals surface area contributed by atoms with Crippen LogP contribution in [0, 0.1) is 0 Å². The lowest BCUT2D eigenvalue weighted by Crippen LogP contribution is -2.70. The third-order valence-corrected chi connectivity index (χ3v) is 12.5. The van der Waals surface area contributed by atoms with Gasteiger partial charge in [-0.15, -0.1) is 0 Å². The van der Waals surface area contributed by atoms with Gasteiger partial charge in [-0.3, -0.25) is 14.4 Å². The third-order valence-electron chi connectivity index (χ3n) is 12.5. The Morgan fingerprint density at radius 1 is 0.449 bits per heavy atom. The Hall–Kier alpha value is -2.55. The number of aliphatic hydroxyl groups is 15. The molecule has 30 nitrogen and oxygen atoms in total. The number of carbonyl (C=O) groups is 3. The number of likely N-dealkylation sites (N-methyl/N-ethyl adjacent to an activating group) is 1. The second kappa shape index (κ2) is 25.9. The molecule has 30 heteroatoms. The molecule has 0 bridgehead atoms. The Morgan fingerprint density at radius 3 is 1.36 bits per heavy atom. The van der Waals surface area contributed by atoms with Crippen LogP contribution in [0.3, 0.4) is 0 Å². The maximum Gasteiger partial charge on any atom is 0.239 e. The molecule has 5 aliphatic rings. The van der Waals surface area contributed by atoms with Crippen LogP contribution in [0.2, 0.25) is 0 Å². The summed E-state index contributed by atoms with van der Waals surface area (Å²) in [5.41, 5.74) is 0. The van der Waals surface area contributed by atoms with Gasteiger partial charge in [-0.05, 0) is 12.8 Å². The average Bonchev–Trinajstić information content (AvgIpc) is 3.33. The van der Waals surface area contributed by atoms with Gasteiger partial charge in [0.05, 0.1) is 45.7 Å². The monoisotopic (exact) mass is 1010 g/mol. The summed E-state index contributed by atoms with van der Waals surface area (Å²) in [5.74, 6) is -1.73. The van der Waals surface area contributed by atoms with Gasteiger partial charge in [0, 0.05) is 20.4 Å². The second-order valence-electron chi connectivity index (χ2n) is 17.2. The molecule has 0 radical (unpaired) electrons. The van der Waals surface area contributed by atoms with Gasteiger partial charge in [0.25, 0.3) is 0 Å². The van der Waals surface area contributed by atoms with Gasteiger partial charge in [-0.1, -0.05) is 0 Å². The fraction of sp³-hybridized carbons (Fsp3) is 0.923. The van der Waals surface area contributed by atoms with Crippen molar-refractivity contribution in [2.24, 2.45) is 0 Å². The van der Waals surface area contributed by atoms with Gasteiger partial charge < -0.3 is 135 Å². The average molecular weight is 1010 g/mol. The topological polar surface area (TPSA) is 474 Å². The first-order valence-corrected chi connectivity index (χ1v) is 22.2. The second-order valence-corrected chi connectivity index (χ2v) is 17.2. The van der Waals surface area contributed by atoms with Crippen molar-refractivity contribution in [1.29, 1.82) is 0 Å². The molecule has 69 heavy (non-hydrogen) atoms. The smallest absolute Gasteiger partial charge is 0.239 e. The van der Waals surface area contributed by atoms with Crippen LogP contribution in [0.15, 0.2) is 0 Å². The lowest BCUT2D eigenvalue weighted by molar-refractivity contribution is -0.385. The van der Waals surface area contributed by atoms with Crippen molar-refractivity contribution in [3.05, 3.63) is 0 Å². The standard InChI is InChI=1S/C39H67N3O27/c1-12(48)42-21-26(55)32(66-38-31(60)35(25(54)16(9-45)63-38)69-37-29(58)27(56)23(52)14(7-43)62-37)18(11-47)65-36(21)68-34-24(53)15(8-44)64-39(30(34)59)67-33-17(10-46)61-13(22(51)28(33)57)4-3-5-19(49)41-6-20(50)40-2/h13-18,21-39,43-47,51-60H,3-11H2,1-2H3,(H,40,50)(H,41,49)(H,42,48)/t13-,14-,15?,16-,17-,18?,21?,22?,23-,24-,25-,26+,27?,28?,29?,30?,31?,32+,33+,34-,35?,36-,37+,38-,39-/m0/s1. The first-order chi connectivity index (χ1) is 32.7. The number of ether oxygens (including phenoxy) is 9. The summed E-state index contributed by atoms with van der Waals surface area (Å²) in [4.78, 5) is 36.1. The summed E-state index contributed by atoms with van der Waals surface area (Å²) in [6.07, 6.45) is -43.3. The molecule has 0 saturated carbocycles. The summed E-state index contributed by atoms with van der Waals surface area (Å²) in [6.45, 7) is -3.83. The highest BCUT2D eigenvalue weighted by Gasteiger charge is 2.57. The molecule has 0 spiro atoms. The predicted octanol–water partition coefficient (Wildman–Crippen LogP) is -11.7. The molecule has 10 unspecified atom stereocenters. The first kappa shape index (κ1) is 57.4. The van der Waals surface area contributed by atoms with Crippen LogP contribution in [-0.4, -0.2) is 294 Å². The zero-order valence-corrected chi connectivity index (χ0v) is 37.4. The quantitative estimate of drug-likeness (QED) is 0.0538. The van der Waals surface area contributed by atoms with E-state index in [9.17, 15) is 91.0 Å². The number of rotatable bonds is 20. The van der Waals surface area contributed by atoms with Gasteiger partial charge in [0.15, 0.2) is 25.2 Å². The fourth-order valence-electron chi connectivity index (χ4n) is 8.58. The van der Waals surface area contributed by atoms with Gasteiger partial charge in [-0.25, -0.2) is 0 Å². The summed E-state index contributed by atoms with van der Waals surface area (Å²) >= 11 is 0. The lowest BCUT2D eigenvalue weighted by atomic mass is 9.91. The lowest BCUT2D eigenvalue weighted by Gasteiger charge is -2.50. The van der Waals surface area contributed by atoms with Crippen molar-refractivity contribution >= 4 is 17.7 Å². The highest BCUT2D eigenvalue weighted by molar-refractivity contribution is 5.84. The summed E-state index contributed by atoms with van der Waals surface area (Å²) in [5, 5.41) is 168. The molecule has 5 saturated heterocycles. The molecule has 25 atom stereocenters. The van der Waals surface area contributed by atoms with E-state index in [0.717, 1.165) is 6.92 Å². The summed E-state index contributed by atoms with van der Waals surface area (Å²) < 4.78 is 51.4. The SMILES string of the molecule is CNC(=O)CNC(=O)CCC[C@@H]1O[C@@H](CO)[C@@H](O[C@@H]2OC(CO)[C@H](O)[C@H](O[C@@H]3OC(CO)[C@@H](O[C@@H]4O[C@@H](CO)[C@H](O)C(O[C@H]5O[C@@H](CO)[C@H](O)C(O)C5O)C4O)[C@H](O)C3NC(C)=O)C2O)C(O)C1O. The molecule has 0 aromatic rings. The van der Waals surface area contributed by atoms with E-state index >= 15 is 0 Å². The Labute approximate surface area is 393 Å². The van der Waals surface area contributed by atoms with Crippen molar-refractivity contribution in [3.63, 3.8) is 0 Å². The normalized spacial score (nSPS) is 45.1. The van der Waals surface area contributed by atoms with Crippen LogP contribution in [0.5, 0.6) is 0 Å². The van der Waals surface area contributed by atoms with E-state index in [4.69, 9.17) is 42.6 Å². The molecule has 5 heterocycles. The van der Waals surface area contributed by atoms with E-state index < -0.39 is 204 Å². The van der Waals surface area contributed by atoms with E-state index in [2.05, 4.69) is 16.0 Å². The molecule has 3 amide bonds. The molecule has 400 valence electrons. The van der Waals surface area contributed by atoms with Crippen molar-refractivity contribution in [3.8, 4) is 0 Å². The van der Waals surface area contributed by atoms with Gasteiger partial charge in [0.1, 0.15) is 122 Å². The molecule has 0 aliphatic carbocycles. The zero-order valence-electron chi connectivity index (χ0n) is 37.4. The Kier molecular flexibility index (Phi) is 21.5. The van der Waals surface area contributed by atoms with E-state index in [-0.39, 0.29) is 25.8 Å². The van der Waals surface area contributed by atoms with Gasteiger partial charge >= 0.3 is 0 Å². The van der Waals surface area contributed by atoms with E-state index in [1.165, 1.54) is 7.05 Å². The Morgan fingerprint density at radius 2 is 0.870 bits per heavy atom.